The smallest absolute Gasteiger partial charge is 0.000679 e. The quantitative estimate of drug-likeness (QED) is 0.624. The zero-order chi connectivity index (χ0) is 8.81. The lowest BCUT2D eigenvalue weighted by atomic mass is 9.86. The minimum Gasteiger partial charge on any atom is -0.309 e. The molecule has 0 aromatic carbocycles. The first-order chi connectivity index (χ1) is 5.79. The van der Waals surface area contributed by atoms with Crippen molar-refractivity contribution in [3.63, 3.8) is 0 Å². The lowest BCUT2D eigenvalue weighted by molar-refractivity contribution is 0.341. The Kier molecular flexibility index (Phi) is 4.67. The molecule has 0 amide bonds. The highest BCUT2D eigenvalue weighted by atomic mass is 15.0. The Morgan fingerprint density at radius 1 is 1.17 bits per heavy atom. The summed E-state index contributed by atoms with van der Waals surface area (Å²) < 4.78 is 0. The largest absolute Gasteiger partial charge is 0.309 e. The standard InChI is InChI=1S/C11H22N/c1-12(2)10-6-9-11-7-4-3-5-8-11/h6,11H,3-5,7-10H2,1-2H3. The van der Waals surface area contributed by atoms with E-state index in [9.17, 15) is 0 Å². The van der Waals surface area contributed by atoms with Gasteiger partial charge < -0.3 is 4.90 Å². The van der Waals surface area contributed by atoms with Gasteiger partial charge in [0.05, 0.1) is 0 Å². The molecule has 12 heavy (non-hydrogen) atoms. The molecule has 0 aromatic rings. The number of nitrogens with zero attached hydrogens (tertiary/aromatic N) is 1. The van der Waals surface area contributed by atoms with Crippen LogP contribution < -0.4 is 0 Å². The average Bonchev–Trinajstić information content (AvgIpc) is 2.05. The third-order valence-corrected chi connectivity index (χ3v) is 2.72. The van der Waals surface area contributed by atoms with Crippen LogP contribution in [0.15, 0.2) is 0 Å². The summed E-state index contributed by atoms with van der Waals surface area (Å²) in [4.78, 5) is 2.24. The van der Waals surface area contributed by atoms with Crippen LogP contribution in [0.1, 0.15) is 38.5 Å². The van der Waals surface area contributed by atoms with Crippen LogP contribution in [0.25, 0.3) is 0 Å². The molecular formula is C11H22N. The molecule has 1 saturated carbocycles. The van der Waals surface area contributed by atoms with E-state index < -0.39 is 0 Å². The summed E-state index contributed by atoms with van der Waals surface area (Å²) >= 11 is 0. The predicted molar refractivity (Wildman–Crippen MR) is 54.0 cm³/mol. The predicted octanol–water partition coefficient (Wildman–Crippen LogP) is 2.72. The van der Waals surface area contributed by atoms with Crippen molar-refractivity contribution < 1.29 is 0 Å². The third kappa shape index (κ3) is 4.10. The summed E-state index contributed by atoms with van der Waals surface area (Å²) in [5.74, 6) is 1.01. The van der Waals surface area contributed by atoms with Crippen LogP contribution in [0.2, 0.25) is 0 Å². The normalized spacial score (nSPS) is 20.2. The Hall–Kier alpha value is -0.0400. The maximum Gasteiger partial charge on any atom is 0.000679 e. The monoisotopic (exact) mass is 168 g/mol. The van der Waals surface area contributed by atoms with Crippen LogP contribution in [0.4, 0.5) is 0 Å². The van der Waals surface area contributed by atoms with Crippen LogP contribution >= 0.6 is 0 Å². The minimum absolute atomic E-state index is 1.01. The van der Waals surface area contributed by atoms with Crippen molar-refractivity contribution in [3.05, 3.63) is 6.42 Å². The summed E-state index contributed by atoms with van der Waals surface area (Å²) in [5, 5.41) is 0. The summed E-state index contributed by atoms with van der Waals surface area (Å²) in [7, 11) is 4.27. The molecule has 1 heteroatoms. The molecule has 71 valence electrons. The molecule has 1 aliphatic carbocycles. The molecule has 0 saturated heterocycles. The Morgan fingerprint density at radius 3 is 2.42 bits per heavy atom. The number of hydrogen-bond acceptors (Lipinski definition) is 1. The second-order valence-corrected chi connectivity index (χ2v) is 4.29. The van der Waals surface area contributed by atoms with E-state index in [4.69, 9.17) is 0 Å². The first-order valence-corrected chi connectivity index (χ1v) is 5.25. The van der Waals surface area contributed by atoms with Gasteiger partial charge in [-0.3, -0.25) is 0 Å². The van der Waals surface area contributed by atoms with Gasteiger partial charge in [-0.05, 0) is 32.9 Å². The van der Waals surface area contributed by atoms with E-state index in [1.807, 2.05) is 0 Å². The van der Waals surface area contributed by atoms with Crippen molar-refractivity contribution in [1.29, 1.82) is 0 Å². The first-order valence-electron chi connectivity index (χ1n) is 5.25. The molecule has 1 rings (SSSR count). The highest BCUT2D eigenvalue weighted by Crippen LogP contribution is 2.26. The van der Waals surface area contributed by atoms with Crippen molar-refractivity contribution in [2.45, 2.75) is 38.5 Å². The molecule has 0 spiro atoms. The van der Waals surface area contributed by atoms with E-state index in [-0.39, 0.29) is 0 Å². The fourth-order valence-corrected chi connectivity index (χ4v) is 1.99. The van der Waals surface area contributed by atoms with Crippen molar-refractivity contribution in [2.24, 2.45) is 5.92 Å². The molecule has 0 atom stereocenters. The van der Waals surface area contributed by atoms with Gasteiger partial charge in [0.2, 0.25) is 0 Å². The second-order valence-electron chi connectivity index (χ2n) is 4.29. The Balaban J connectivity index is 1.98. The topological polar surface area (TPSA) is 3.24 Å². The van der Waals surface area contributed by atoms with Gasteiger partial charge >= 0.3 is 0 Å². The Bertz CT molecular complexity index is 104. The van der Waals surface area contributed by atoms with E-state index in [0.717, 1.165) is 12.5 Å². The lowest BCUT2D eigenvalue weighted by Crippen LogP contribution is -2.15. The van der Waals surface area contributed by atoms with Crippen LogP contribution in [-0.4, -0.2) is 25.5 Å². The van der Waals surface area contributed by atoms with Gasteiger partial charge in [-0.2, -0.15) is 0 Å². The van der Waals surface area contributed by atoms with Crippen LogP contribution in [0.5, 0.6) is 0 Å². The van der Waals surface area contributed by atoms with Crippen molar-refractivity contribution >= 4 is 0 Å². The summed E-state index contributed by atoms with van der Waals surface area (Å²) in [6.07, 6.45) is 11.2. The maximum atomic E-state index is 2.44. The fourth-order valence-electron chi connectivity index (χ4n) is 1.99. The van der Waals surface area contributed by atoms with Crippen LogP contribution in [-0.2, 0) is 0 Å². The van der Waals surface area contributed by atoms with Crippen molar-refractivity contribution in [3.8, 4) is 0 Å². The summed E-state index contributed by atoms with van der Waals surface area (Å²) in [6, 6.07) is 0. The fraction of sp³-hybridized carbons (Fsp3) is 0.909. The summed E-state index contributed by atoms with van der Waals surface area (Å²) in [5.41, 5.74) is 0. The molecule has 0 N–H and O–H groups in total. The van der Waals surface area contributed by atoms with Crippen LogP contribution in [0, 0.1) is 12.3 Å². The summed E-state index contributed by atoms with van der Waals surface area (Å²) in [6.45, 7) is 1.15. The molecule has 0 heterocycles. The average molecular weight is 168 g/mol. The van der Waals surface area contributed by atoms with Gasteiger partial charge in [-0.15, -0.1) is 0 Å². The van der Waals surface area contributed by atoms with Crippen LogP contribution in [0.3, 0.4) is 0 Å². The molecule has 1 radical (unpaired) electrons. The minimum atomic E-state index is 1.01. The molecule has 0 bridgehead atoms. The first kappa shape index (κ1) is 10.0. The second kappa shape index (κ2) is 5.58. The van der Waals surface area contributed by atoms with Crippen molar-refractivity contribution in [2.75, 3.05) is 20.6 Å². The molecule has 0 aliphatic heterocycles. The van der Waals surface area contributed by atoms with E-state index >= 15 is 0 Å². The van der Waals surface area contributed by atoms with Gasteiger partial charge in [-0.1, -0.05) is 32.1 Å². The Morgan fingerprint density at radius 2 is 1.83 bits per heavy atom. The zero-order valence-corrected chi connectivity index (χ0v) is 8.55. The van der Waals surface area contributed by atoms with Gasteiger partial charge in [-0.25, -0.2) is 0 Å². The third-order valence-electron chi connectivity index (χ3n) is 2.72. The van der Waals surface area contributed by atoms with E-state index in [1.54, 1.807) is 0 Å². The highest BCUT2D eigenvalue weighted by molar-refractivity contribution is 4.75. The maximum absolute atomic E-state index is 2.44. The zero-order valence-electron chi connectivity index (χ0n) is 8.55. The highest BCUT2D eigenvalue weighted by Gasteiger charge is 2.12. The molecular weight excluding hydrogens is 146 g/mol. The molecule has 1 aliphatic rings. The van der Waals surface area contributed by atoms with E-state index in [2.05, 4.69) is 25.4 Å². The van der Waals surface area contributed by atoms with Gasteiger partial charge in [0.25, 0.3) is 0 Å². The SMILES string of the molecule is CN(C)C[CH]CC1CCCCC1. The molecule has 0 aromatic heterocycles. The molecule has 1 nitrogen and oxygen atoms in total. The van der Waals surface area contributed by atoms with E-state index in [1.165, 1.54) is 38.5 Å². The van der Waals surface area contributed by atoms with E-state index in [0.29, 0.717) is 0 Å². The van der Waals surface area contributed by atoms with Gasteiger partial charge in [0, 0.05) is 6.54 Å². The molecule has 0 unspecified atom stereocenters. The van der Waals surface area contributed by atoms with Gasteiger partial charge in [0.1, 0.15) is 0 Å². The number of rotatable bonds is 4. The van der Waals surface area contributed by atoms with Gasteiger partial charge in [0.15, 0.2) is 0 Å². The number of hydrogen-bond donors (Lipinski definition) is 0. The van der Waals surface area contributed by atoms with Crippen molar-refractivity contribution in [1.82, 2.24) is 4.90 Å². The molecule has 1 fully saturated rings. The Labute approximate surface area is 77.1 Å². The lowest BCUT2D eigenvalue weighted by Gasteiger charge is -2.21.